The van der Waals surface area contributed by atoms with Crippen molar-refractivity contribution in [3.8, 4) is 0 Å². The standard InChI is InChI=1S/C21H20FN3O/c1-2-25(18-9-4-3-5-10-18)20-13-12-17(15-23-20)24-21(26)14-16-8-6-7-11-19(16)22/h3-13,15H,2,14H2,1H3,(H,24,26). The largest absolute Gasteiger partial charge is 0.327 e. The van der Waals surface area contributed by atoms with Crippen LogP contribution in [0.1, 0.15) is 12.5 Å². The van der Waals surface area contributed by atoms with Crippen LogP contribution in [0.15, 0.2) is 72.9 Å². The first-order valence-electron chi connectivity index (χ1n) is 8.49. The van der Waals surface area contributed by atoms with Gasteiger partial charge >= 0.3 is 0 Å². The molecule has 0 saturated heterocycles. The number of pyridine rings is 1. The smallest absolute Gasteiger partial charge is 0.228 e. The molecule has 0 aliphatic heterocycles. The number of amides is 1. The van der Waals surface area contributed by atoms with Crippen LogP contribution in [0, 0.1) is 5.82 Å². The first-order chi connectivity index (χ1) is 12.7. The predicted molar refractivity (Wildman–Crippen MR) is 102 cm³/mol. The van der Waals surface area contributed by atoms with E-state index in [1.165, 1.54) is 6.07 Å². The van der Waals surface area contributed by atoms with Crippen molar-refractivity contribution in [1.82, 2.24) is 4.98 Å². The number of rotatable bonds is 6. The van der Waals surface area contributed by atoms with Gasteiger partial charge in [0, 0.05) is 12.2 Å². The highest BCUT2D eigenvalue weighted by atomic mass is 19.1. The van der Waals surface area contributed by atoms with Gasteiger partial charge in [0.05, 0.1) is 18.3 Å². The van der Waals surface area contributed by atoms with Crippen LogP contribution in [0.25, 0.3) is 0 Å². The molecule has 0 bridgehead atoms. The number of hydrogen-bond donors (Lipinski definition) is 1. The molecule has 26 heavy (non-hydrogen) atoms. The van der Waals surface area contributed by atoms with Gasteiger partial charge in [0.2, 0.25) is 5.91 Å². The Kier molecular flexibility index (Phi) is 5.59. The van der Waals surface area contributed by atoms with Crippen molar-refractivity contribution in [2.45, 2.75) is 13.3 Å². The average molecular weight is 349 g/mol. The summed E-state index contributed by atoms with van der Waals surface area (Å²) in [6.45, 7) is 2.83. The van der Waals surface area contributed by atoms with Crippen molar-refractivity contribution in [3.05, 3.63) is 84.3 Å². The number of benzene rings is 2. The van der Waals surface area contributed by atoms with Crippen molar-refractivity contribution in [2.24, 2.45) is 0 Å². The summed E-state index contributed by atoms with van der Waals surface area (Å²) in [6, 6.07) is 19.9. The maximum atomic E-state index is 13.6. The van der Waals surface area contributed by atoms with Crippen LogP contribution >= 0.6 is 0 Å². The second kappa shape index (κ2) is 8.25. The minimum atomic E-state index is -0.377. The summed E-state index contributed by atoms with van der Waals surface area (Å²) in [5.41, 5.74) is 2.01. The van der Waals surface area contributed by atoms with Crippen LogP contribution in [0.4, 0.5) is 21.6 Å². The Morgan fingerprint density at radius 2 is 1.77 bits per heavy atom. The molecule has 1 heterocycles. The van der Waals surface area contributed by atoms with Crippen LogP contribution in [-0.2, 0) is 11.2 Å². The molecule has 0 unspecified atom stereocenters. The Bertz CT molecular complexity index is 866. The van der Waals surface area contributed by atoms with Gasteiger partial charge in [0.25, 0.3) is 0 Å². The molecule has 1 aromatic heterocycles. The highest BCUT2D eigenvalue weighted by Crippen LogP contribution is 2.23. The lowest BCUT2D eigenvalue weighted by Gasteiger charge is -2.22. The first-order valence-corrected chi connectivity index (χ1v) is 8.49. The Morgan fingerprint density at radius 1 is 1.04 bits per heavy atom. The molecule has 0 aliphatic carbocycles. The molecule has 4 nitrogen and oxygen atoms in total. The maximum absolute atomic E-state index is 13.6. The van der Waals surface area contributed by atoms with E-state index in [-0.39, 0.29) is 18.1 Å². The summed E-state index contributed by atoms with van der Waals surface area (Å²) in [4.78, 5) is 18.6. The lowest BCUT2D eigenvalue weighted by atomic mass is 10.1. The molecule has 3 aromatic rings. The lowest BCUT2D eigenvalue weighted by Crippen LogP contribution is -2.18. The van der Waals surface area contributed by atoms with Crippen LogP contribution in [0.3, 0.4) is 0 Å². The van der Waals surface area contributed by atoms with Gasteiger partial charge in [-0.2, -0.15) is 0 Å². The Morgan fingerprint density at radius 3 is 2.42 bits per heavy atom. The van der Waals surface area contributed by atoms with Crippen molar-refractivity contribution >= 4 is 23.1 Å². The first kappa shape index (κ1) is 17.6. The van der Waals surface area contributed by atoms with E-state index in [0.717, 1.165) is 18.1 Å². The van der Waals surface area contributed by atoms with E-state index in [1.807, 2.05) is 36.4 Å². The molecule has 0 spiro atoms. The lowest BCUT2D eigenvalue weighted by molar-refractivity contribution is -0.115. The summed E-state index contributed by atoms with van der Waals surface area (Å²) >= 11 is 0. The highest BCUT2D eigenvalue weighted by molar-refractivity contribution is 5.92. The summed E-state index contributed by atoms with van der Waals surface area (Å²) < 4.78 is 13.6. The van der Waals surface area contributed by atoms with E-state index < -0.39 is 0 Å². The summed E-state index contributed by atoms with van der Waals surface area (Å²) in [5, 5.41) is 2.75. The van der Waals surface area contributed by atoms with Crippen LogP contribution in [0.2, 0.25) is 0 Å². The van der Waals surface area contributed by atoms with E-state index in [0.29, 0.717) is 11.3 Å². The van der Waals surface area contributed by atoms with E-state index in [1.54, 1.807) is 30.5 Å². The molecule has 5 heteroatoms. The molecular weight excluding hydrogens is 329 g/mol. The van der Waals surface area contributed by atoms with Gasteiger partial charge in [-0.25, -0.2) is 9.37 Å². The average Bonchev–Trinajstić information content (AvgIpc) is 2.66. The van der Waals surface area contributed by atoms with Gasteiger partial charge in [-0.05, 0) is 42.8 Å². The Labute approximate surface area is 152 Å². The number of halogens is 1. The van der Waals surface area contributed by atoms with Gasteiger partial charge in [-0.15, -0.1) is 0 Å². The van der Waals surface area contributed by atoms with Crippen molar-refractivity contribution < 1.29 is 9.18 Å². The topological polar surface area (TPSA) is 45.2 Å². The third-order valence-corrected chi connectivity index (χ3v) is 4.00. The molecule has 132 valence electrons. The van der Waals surface area contributed by atoms with E-state index in [9.17, 15) is 9.18 Å². The van der Waals surface area contributed by atoms with Crippen LogP contribution in [-0.4, -0.2) is 17.4 Å². The third-order valence-electron chi connectivity index (χ3n) is 4.00. The SMILES string of the molecule is CCN(c1ccccc1)c1ccc(NC(=O)Cc2ccccc2F)cn1. The number of para-hydroxylation sites is 1. The van der Waals surface area contributed by atoms with Gasteiger partial charge < -0.3 is 10.2 Å². The monoisotopic (exact) mass is 349 g/mol. The maximum Gasteiger partial charge on any atom is 0.228 e. The fourth-order valence-corrected chi connectivity index (χ4v) is 2.72. The number of nitrogens with one attached hydrogen (secondary N) is 1. The molecule has 0 saturated carbocycles. The molecule has 0 atom stereocenters. The molecule has 0 fully saturated rings. The summed E-state index contributed by atoms with van der Waals surface area (Å²) in [7, 11) is 0. The number of carbonyl (C=O) groups is 1. The summed E-state index contributed by atoms with van der Waals surface area (Å²) in [6.07, 6.45) is 1.60. The Hall–Kier alpha value is -3.21. The molecule has 0 radical (unpaired) electrons. The highest BCUT2D eigenvalue weighted by Gasteiger charge is 2.10. The zero-order chi connectivity index (χ0) is 18.4. The molecule has 1 amide bonds. The number of anilines is 3. The second-order valence-corrected chi connectivity index (χ2v) is 5.80. The van der Waals surface area contributed by atoms with E-state index in [4.69, 9.17) is 0 Å². The van der Waals surface area contributed by atoms with Gasteiger partial charge in [-0.1, -0.05) is 36.4 Å². The van der Waals surface area contributed by atoms with Gasteiger partial charge in [0.15, 0.2) is 0 Å². The van der Waals surface area contributed by atoms with E-state index in [2.05, 4.69) is 22.1 Å². The predicted octanol–water partition coefficient (Wildman–Crippen LogP) is 4.56. The fraction of sp³-hybridized carbons (Fsp3) is 0.143. The minimum Gasteiger partial charge on any atom is -0.327 e. The number of carbonyl (C=O) groups excluding carboxylic acids is 1. The molecule has 0 aliphatic rings. The van der Waals surface area contributed by atoms with Gasteiger partial charge in [-0.3, -0.25) is 4.79 Å². The van der Waals surface area contributed by atoms with Crippen molar-refractivity contribution in [3.63, 3.8) is 0 Å². The molecule has 2 aromatic carbocycles. The van der Waals surface area contributed by atoms with E-state index >= 15 is 0 Å². The van der Waals surface area contributed by atoms with Gasteiger partial charge in [0.1, 0.15) is 11.6 Å². The van der Waals surface area contributed by atoms with Crippen LogP contribution < -0.4 is 10.2 Å². The quantitative estimate of drug-likeness (QED) is 0.709. The molecular formula is C21H20FN3O. The molecule has 3 rings (SSSR count). The number of nitrogens with zero attached hydrogens (tertiary/aromatic N) is 2. The number of aromatic nitrogens is 1. The van der Waals surface area contributed by atoms with Crippen molar-refractivity contribution in [1.29, 1.82) is 0 Å². The van der Waals surface area contributed by atoms with Crippen LogP contribution in [0.5, 0.6) is 0 Å². The van der Waals surface area contributed by atoms with Crippen molar-refractivity contribution in [2.75, 3.05) is 16.8 Å². The second-order valence-electron chi connectivity index (χ2n) is 5.80. The zero-order valence-electron chi connectivity index (χ0n) is 14.5. The normalized spacial score (nSPS) is 10.4. The fourth-order valence-electron chi connectivity index (χ4n) is 2.72. The number of hydrogen-bond acceptors (Lipinski definition) is 3. The summed E-state index contributed by atoms with van der Waals surface area (Å²) in [5.74, 6) is 0.142. The molecule has 1 N–H and O–H groups in total. The third kappa shape index (κ3) is 4.25. The zero-order valence-corrected chi connectivity index (χ0v) is 14.5. The Balaban J connectivity index is 1.67. The minimum absolute atomic E-state index is 0.0144.